The molecule has 5 rings (SSSR count). The van der Waals surface area contributed by atoms with Crippen molar-refractivity contribution in [2.24, 2.45) is 11.3 Å². The number of carbonyl (C=O) groups excluding carboxylic acids is 3. The minimum absolute atomic E-state index is 0.000119. The van der Waals surface area contributed by atoms with Crippen molar-refractivity contribution < 1.29 is 23.9 Å². The third-order valence-electron chi connectivity index (χ3n) is 9.05. The molecule has 2 amide bonds. The van der Waals surface area contributed by atoms with Crippen LogP contribution >= 0.6 is 23.2 Å². The molecule has 1 aliphatic carbocycles. The Labute approximate surface area is 234 Å². The Kier molecular flexibility index (Phi) is 7.98. The fraction of sp³-hybridized carbons (Fsp3) is 0.679. The van der Waals surface area contributed by atoms with Gasteiger partial charge in [-0.1, -0.05) is 36.2 Å². The highest BCUT2D eigenvalue weighted by molar-refractivity contribution is 6.42. The van der Waals surface area contributed by atoms with Crippen LogP contribution in [0.1, 0.15) is 56.9 Å². The van der Waals surface area contributed by atoms with Gasteiger partial charge in [0.05, 0.1) is 16.1 Å². The van der Waals surface area contributed by atoms with Gasteiger partial charge in [-0.15, -0.1) is 0 Å². The van der Waals surface area contributed by atoms with Crippen LogP contribution in [0.15, 0.2) is 18.2 Å². The van der Waals surface area contributed by atoms with E-state index in [0.29, 0.717) is 55.7 Å². The molecule has 0 spiro atoms. The van der Waals surface area contributed by atoms with Crippen molar-refractivity contribution in [1.82, 2.24) is 15.1 Å². The average Bonchev–Trinajstić information content (AvgIpc) is 3.30. The fourth-order valence-corrected chi connectivity index (χ4v) is 6.59. The molecule has 0 radical (unpaired) electrons. The Morgan fingerprint density at radius 2 is 1.89 bits per heavy atom. The normalized spacial score (nSPS) is 28.8. The van der Waals surface area contributed by atoms with Crippen LogP contribution in [0.2, 0.25) is 10.0 Å². The molecule has 1 N–H and O–H groups in total. The van der Waals surface area contributed by atoms with Crippen LogP contribution in [-0.4, -0.2) is 85.7 Å². The van der Waals surface area contributed by atoms with Crippen molar-refractivity contribution in [3.05, 3.63) is 33.8 Å². The van der Waals surface area contributed by atoms with E-state index in [1.807, 2.05) is 17.9 Å². The van der Waals surface area contributed by atoms with Gasteiger partial charge in [0, 0.05) is 57.1 Å². The Morgan fingerprint density at radius 1 is 1.16 bits per heavy atom. The monoisotopic (exact) mass is 565 g/mol. The van der Waals surface area contributed by atoms with Gasteiger partial charge in [-0.2, -0.15) is 0 Å². The molecular weight excluding hydrogens is 529 g/mol. The van der Waals surface area contributed by atoms with Crippen molar-refractivity contribution in [2.75, 3.05) is 46.4 Å². The number of ketones is 1. The highest BCUT2D eigenvalue weighted by Crippen LogP contribution is 2.47. The highest BCUT2D eigenvalue weighted by Gasteiger charge is 2.57. The fourth-order valence-electron chi connectivity index (χ4n) is 6.28. The largest absolute Gasteiger partial charge is 0.447 e. The van der Waals surface area contributed by atoms with Crippen molar-refractivity contribution in [2.45, 2.75) is 63.0 Å². The lowest BCUT2D eigenvalue weighted by Gasteiger charge is -2.44. The first kappa shape index (κ1) is 27.7. The summed E-state index contributed by atoms with van der Waals surface area (Å²) in [4.78, 5) is 44.2. The lowest BCUT2D eigenvalue weighted by atomic mass is 9.72. The zero-order chi connectivity index (χ0) is 27.1. The van der Waals surface area contributed by atoms with Crippen LogP contribution in [-0.2, 0) is 19.1 Å². The van der Waals surface area contributed by atoms with E-state index in [0.717, 1.165) is 31.2 Å². The Bertz CT molecular complexity index is 1080. The number of hydrogen-bond donors (Lipinski definition) is 1. The van der Waals surface area contributed by atoms with Gasteiger partial charge in [-0.05, 0) is 56.2 Å². The van der Waals surface area contributed by atoms with E-state index in [4.69, 9.17) is 32.7 Å². The number of amides is 2. The second kappa shape index (κ2) is 11.0. The van der Waals surface area contributed by atoms with E-state index in [-0.39, 0.29) is 41.7 Å². The summed E-state index contributed by atoms with van der Waals surface area (Å²) in [6.45, 7) is 4.77. The molecule has 4 aliphatic rings. The van der Waals surface area contributed by atoms with Gasteiger partial charge in [-0.25, -0.2) is 4.79 Å². The van der Waals surface area contributed by atoms with E-state index < -0.39 is 11.6 Å². The van der Waals surface area contributed by atoms with Crippen molar-refractivity contribution in [1.29, 1.82) is 0 Å². The number of piperidine rings is 1. The molecule has 3 atom stereocenters. The molecule has 208 valence electrons. The van der Waals surface area contributed by atoms with E-state index >= 15 is 0 Å². The molecule has 0 unspecified atom stereocenters. The highest BCUT2D eigenvalue weighted by atomic mass is 35.5. The van der Waals surface area contributed by atoms with Gasteiger partial charge in [0.2, 0.25) is 5.91 Å². The molecule has 3 saturated heterocycles. The molecule has 8 nitrogen and oxygen atoms in total. The van der Waals surface area contributed by atoms with E-state index in [2.05, 4.69) is 5.32 Å². The summed E-state index contributed by atoms with van der Waals surface area (Å²) in [6, 6.07) is 5.38. The summed E-state index contributed by atoms with van der Waals surface area (Å²) in [7, 11) is 1.65. The summed E-state index contributed by atoms with van der Waals surface area (Å²) in [6.07, 6.45) is 4.17. The maximum Gasteiger partial charge on any atom is 0.410 e. The Balaban J connectivity index is 1.39. The minimum atomic E-state index is -1.16. The van der Waals surface area contributed by atoms with Crippen molar-refractivity contribution in [3.8, 4) is 0 Å². The molecule has 4 fully saturated rings. The number of carbonyl (C=O) groups is 3. The van der Waals surface area contributed by atoms with Crippen molar-refractivity contribution in [3.63, 3.8) is 0 Å². The lowest BCUT2D eigenvalue weighted by Crippen LogP contribution is -2.62. The minimum Gasteiger partial charge on any atom is -0.447 e. The molecule has 10 heteroatoms. The molecule has 3 heterocycles. The standard InChI is InChI=1S/C28H37Cl2N3O5/c1-27(9-10-27)25(35)33-11-7-18(8-12-33)24(34)28(32(2)26(36)38-16-20-4-3-13-37-20)17-31-15-21(28)19-5-6-22(29)23(30)14-19/h5-6,14,18,20-21,31H,3-4,7-13,15-17H2,1-2H3/t20-,21-,28+/m1/s1. The Hall–Kier alpha value is -1.87. The smallest absolute Gasteiger partial charge is 0.410 e. The predicted octanol–water partition coefficient (Wildman–Crippen LogP) is 4.27. The predicted molar refractivity (Wildman–Crippen MR) is 145 cm³/mol. The number of halogens is 2. The van der Waals surface area contributed by atoms with E-state index in [1.165, 1.54) is 4.90 Å². The molecule has 0 bridgehead atoms. The first-order chi connectivity index (χ1) is 18.2. The van der Waals surface area contributed by atoms with Gasteiger partial charge < -0.3 is 19.7 Å². The summed E-state index contributed by atoms with van der Waals surface area (Å²) < 4.78 is 11.3. The topological polar surface area (TPSA) is 88.2 Å². The maximum absolute atomic E-state index is 14.5. The quantitative estimate of drug-likeness (QED) is 0.531. The van der Waals surface area contributed by atoms with Crippen LogP contribution in [0.25, 0.3) is 0 Å². The number of benzene rings is 1. The van der Waals surface area contributed by atoms with Gasteiger partial charge in [-0.3, -0.25) is 14.5 Å². The summed E-state index contributed by atoms with van der Waals surface area (Å²) in [5, 5.41) is 4.21. The number of nitrogens with one attached hydrogen (secondary N) is 1. The van der Waals surface area contributed by atoms with Crippen molar-refractivity contribution >= 4 is 41.0 Å². The average molecular weight is 567 g/mol. The number of Topliss-reactive ketones (excluding diaryl/α,β-unsaturated/α-hetero) is 1. The summed E-state index contributed by atoms with van der Waals surface area (Å²) in [5.74, 6) is -0.413. The van der Waals surface area contributed by atoms with Crippen LogP contribution < -0.4 is 5.32 Å². The molecule has 1 aromatic carbocycles. The van der Waals surface area contributed by atoms with E-state index in [9.17, 15) is 14.4 Å². The van der Waals surface area contributed by atoms with Gasteiger partial charge in [0.1, 0.15) is 12.1 Å². The molecule has 1 aromatic rings. The first-order valence-electron chi connectivity index (χ1n) is 13.7. The van der Waals surface area contributed by atoms with E-state index in [1.54, 1.807) is 19.2 Å². The number of likely N-dealkylation sites (tertiary alicyclic amines) is 1. The number of nitrogens with zero attached hydrogens (tertiary/aromatic N) is 2. The molecule has 1 saturated carbocycles. The van der Waals surface area contributed by atoms with Crippen LogP contribution in [0.4, 0.5) is 4.79 Å². The zero-order valence-electron chi connectivity index (χ0n) is 22.1. The molecular formula is C28H37Cl2N3O5. The summed E-state index contributed by atoms with van der Waals surface area (Å²) >= 11 is 12.6. The second-order valence-electron chi connectivity index (χ2n) is 11.5. The molecule has 3 aliphatic heterocycles. The van der Waals surface area contributed by atoms with Gasteiger partial charge in [0.25, 0.3) is 0 Å². The first-order valence-corrected chi connectivity index (χ1v) is 14.4. The molecule has 0 aromatic heterocycles. The van der Waals surface area contributed by atoms with Crippen LogP contribution in [0, 0.1) is 11.3 Å². The lowest BCUT2D eigenvalue weighted by molar-refractivity contribution is -0.142. The number of likely N-dealkylation sites (N-methyl/N-ethyl adjacent to an activating group) is 1. The SMILES string of the molecule is CN(C(=O)OC[C@H]1CCCO1)[C@@]1(C(=O)C2CCN(C(=O)C3(C)CC3)CC2)CNC[C@@H]1c1ccc(Cl)c(Cl)c1. The molecule has 38 heavy (non-hydrogen) atoms. The third kappa shape index (κ3) is 5.17. The Morgan fingerprint density at radius 3 is 2.53 bits per heavy atom. The van der Waals surface area contributed by atoms with Gasteiger partial charge in [0.15, 0.2) is 5.78 Å². The number of hydrogen-bond acceptors (Lipinski definition) is 6. The third-order valence-corrected chi connectivity index (χ3v) is 9.79. The van der Waals surface area contributed by atoms with Gasteiger partial charge >= 0.3 is 6.09 Å². The number of ether oxygens (including phenoxy) is 2. The second-order valence-corrected chi connectivity index (χ2v) is 12.4. The number of rotatable bonds is 7. The maximum atomic E-state index is 14.5. The summed E-state index contributed by atoms with van der Waals surface area (Å²) in [5.41, 5.74) is -0.547. The van der Waals surface area contributed by atoms with Crippen LogP contribution in [0.3, 0.4) is 0 Å². The zero-order valence-corrected chi connectivity index (χ0v) is 23.7. The van der Waals surface area contributed by atoms with Crippen LogP contribution in [0.5, 0.6) is 0 Å².